The van der Waals surface area contributed by atoms with Crippen molar-refractivity contribution in [1.29, 1.82) is 0 Å². The van der Waals surface area contributed by atoms with Gasteiger partial charge < -0.3 is 0 Å². The molecule has 286 valence electrons. The van der Waals surface area contributed by atoms with E-state index in [2.05, 4.69) is 13.8 Å². The molecule has 2 atom stereocenters. The lowest BCUT2D eigenvalue weighted by molar-refractivity contribution is 0.00211. The van der Waals surface area contributed by atoms with Crippen LogP contribution in [0.3, 0.4) is 0 Å². The zero-order valence-electron chi connectivity index (χ0n) is 32.1. The van der Waals surface area contributed by atoms with E-state index in [9.17, 15) is 38.4 Å². The molecular formula is C44H42N4O8. The van der Waals surface area contributed by atoms with Crippen molar-refractivity contribution in [2.75, 3.05) is 0 Å². The summed E-state index contributed by atoms with van der Waals surface area (Å²) in [4.78, 5) is 116. The molecule has 0 spiro atoms. The normalized spacial score (nSPS) is 17.3. The summed E-state index contributed by atoms with van der Waals surface area (Å²) < 4.78 is 0. The molecular weight excluding hydrogens is 713 g/mol. The fourth-order valence-electron chi connectivity index (χ4n) is 9.02. The molecule has 2 unspecified atom stereocenters. The summed E-state index contributed by atoms with van der Waals surface area (Å²) in [7, 11) is 0. The van der Waals surface area contributed by atoms with Gasteiger partial charge in [-0.1, -0.05) is 58.8 Å². The van der Waals surface area contributed by atoms with Gasteiger partial charge in [0.1, 0.15) is 0 Å². The van der Waals surface area contributed by atoms with Crippen LogP contribution in [0.5, 0.6) is 0 Å². The third kappa shape index (κ3) is 5.10. The summed E-state index contributed by atoms with van der Waals surface area (Å²) in [6, 6.07) is 9.23. The molecule has 0 radical (unpaired) electrons. The van der Waals surface area contributed by atoms with Crippen molar-refractivity contribution < 1.29 is 38.4 Å². The number of carbonyl (C=O) groups is 8. The Kier molecular flexibility index (Phi) is 8.97. The van der Waals surface area contributed by atoms with Crippen LogP contribution in [0.1, 0.15) is 174 Å². The first kappa shape index (κ1) is 36.9. The van der Waals surface area contributed by atoms with E-state index in [1.54, 1.807) is 6.92 Å². The van der Waals surface area contributed by atoms with Crippen molar-refractivity contribution in [3.63, 3.8) is 0 Å². The highest BCUT2D eigenvalue weighted by atomic mass is 16.2. The molecule has 4 aromatic rings. The van der Waals surface area contributed by atoms with Gasteiger partial charge in [-0.25, -0.2) is 0 Å². The zero-order valence-corrected chi connectivity index (χ0v) is 32.1. The van der Waals surface area contributed by atoms with E-state index in [0.717, 1.165) is 44.9 Å². The fourth-order valence-corrected chi connectivity index (χ4v) is 9.02. The quantitative estimate of drug-likeness (QED) is 0.106. The van der Waals surface area contributed by atoms with Gasteiger partial charge in [-0.3, -0.25) is 48.2 Å². The highest BCUT2D eigenvalue weighted by molar-refractivity contribution is 6.37. The Morgan fingerprint density at radius 2 is 0.768 bits per heavy atom. The first-order chi connectivity index (χ1) is 26.8. The number of carbonyl (C=O) groups excluding carboxylic acids is 8. The van der Waals surface area contributed by atoms with Gasteiger partial charge in [-0.15, -0.1) is 0 Å². The average molecular weight is 755 g/mol. The van der Waals surface area contributed by atoms with Crippen molar-refractivity contribution in [1.82, 2.24) is 19.8 Å². The fraction of sp³-hybridized carbons (Fsp3) is 0.364. The molecule has 4 aromatic carbocycles. The maximum absolute atomic E-state index is 14.5. The molecule has 0 fully saturated rings. The number of rotatable bonds is 12. The molecule has 12 heteroatoms. The maximum atomic E-state index is 14.5. The second kappa shape index (κ2) is 13.6. The number of aryl methyl sites for hydroxylation is 1. The van der Waals surface area contributed by atoms with Crippen molar-refractivity contribution in [3.05, 3.63) is 92.5 Å². The number of hydrogen-bond donors (Lipinski definition) is 0. The highest BCUT2D eigenvalue weighted by Gasteiger charge is 2.49. The minimum absolute atomic E-state index is 0.0413. The Hall–Kier alpha value is -6.04. The highest BCUT2D eigenvalue weighted by Crippen LogP contribution is 2.43. The van der Waals surface area contributed by atoms with E-state index >= 15 is 0 Å². The number of hydrogen-bond acceptors (Lipinski definition) is 8. The summed E-state index contributed by atoms with van der Waals surface area (Å²) in [5.41, 5.74) is 0.969. The summed E-state index contributed by atoms with van der Waals surface area (Å²) in [5.74, 6) is -5.98. The Labute approximate surface area is 323 Å². The molecule has 0 saturated heterocycles. The van der Waals surface area contributed by atoms with Crippen LogP contribution in [0.2, 0.25) is 0 Å². The van der Waals surface area contributed by atoms with Crippen molar-refractivity contribution >= 4 is 68.8 Å². The lowest BCUT2D eigenvalue weighted by Gasteiger charge is -2.39. The van der Waals surface area contributed by atoms with Crippen molar-refractivity contribution in [2.24, 2.45) is 0 Å². The molecule has 8 amide bonds. The number of hydrazine groups is 1. The van der Waals surface area contributed by atoms with Gasteiger partial charge in [0.05, 0.1) is 27.8 Å². The Morgan fingerprint density at radius 3 is 1.21 bits per heavy atom. The standard InChI is InChI=1S/C44H42N4O8/c1-6-8-10-12-14-24(5)46-39(51)30-20-19-29-35-31(21-22(3)32(36(30)35)44(46)56)43(55)48(42(29)54)47-40(52)27-17-15-25-33-26(16-18-28(34(27)33)41(47)53)38(50)45(37(25)49)23(4)13-11-9-7-2/h15-21,23-24H,6-14H2,1-5H3. The Bertz CT molecular complexity index is 2450. The number of unbranched alkanes of at least 4 members (excludes halogenated alkanes) is 5. The van der Waals surface area contributed by atoms with Crippen LogP contribution in [0.25, 0.3) is 21.5 Å². The first-order valence-electron chi connectivity index (χ1n) is 19.6. The molecule has 4 aliphatic heterocycles. The number of nitrogens with zero attached hydrogens (tertiary/aromatic N) is 4. The van der Waals surface area contributed by atoms with Crippen LogP contribution in [0.4, 0.5) is 0 Å². The van der Waals surface area contributed by atoms with Crippen molar-refractivity contribution in [2.45, 2.75) is 104 Å². The van der Waals surface area contributed by atoms with Gasteiger partial charge in [-0.05, 0) is 81.6 Å². The number of imide groups is 4. The van der Waals surface area contributed by atoms with E-state index in [0.29, 0.717) is 28.4 Å². The van der Waals surface area contributed by atoms with Crippen LogP contribution in [-0.2, 0) is 0 Å². The van der Waals surface area contributed by atoms with E-state index in [-0.39, 0.29) is 78.1 Å². The van der Waals surface area contributed by atoms with Crippen molar-refractivity contribution in [3.8, 4) is 0 Å². The molecule has 4 heterocycles. The third-order valence-electron chi connectivity index (χ3n) is 11.9. The van der Waals surface area contributed by atoms with Gasteiger partial charge in [-0.2, -0.15) is 10.0 Å². The first-order valence-corrected chi connectivity index (χ1v) is 19.6. The van der Waals surface area contributed by atoms with Gasteiger partial charge in [0.2, 0.25) is 0 Å². The minimum Gasteiger partial charge on any atom is -0.272 e. The van der Waals surface area contributed by atoms with Crippen LogP contribution >= 0.6 is 0 Å². The van der Waals surface area contributed by atoms with Crippen LogP contribution in [-0.4, -0.2) is 79.2 Å². The van der Waals surface area contributed by atoms with Crippen LogP contribution in [0.15, 0.2) is 42.5 Å². The molecule has 0 N–H and O–H groups in total. The molecule has 0 aromatic heterocycles. The smallest absolute Gasteiger partial charge is 0.272 e. The van der Waals surface area contributed by atoms with E-state index < -0.39 is 47.3 Å². The number of amides is 8. The van der Waals surface area contributed by atoms with Crippen LogP contribution < -0.4 is 0 Å². The van der Waals surface area contributed by atoms with E-state index in [4.69, 9.17) is 0 Å². The monoisotopic (exact) mass is 754 g/mol. The number of benzene rings is 4. The predicted octanol–water partition coefficient (Wildman–Crippen LogP) is 7.63. The lowest BCUT2D eigenvalue weighted by Crippen LogP contribution is -2.58. The molecule has 4 aliphatic rings. The summed E-state index contributed by atoms with van der Waals surface area (Å²) >= 11 is 0. The largest absolute Gasteiger partial charge is 0.281 e. The second-order valence-electron chi connectivity index (χ2n) is 15.4. The minimum atomic E-state index is -0.983. The zero-order chi connectivity index (χ0) is 39.9. The maximum Gasteiger partial charge on any atom is 0.281 e. The summed E-state index contributed by atoms with van der Waals surface area (Å²) in [6.07, 6.45) is 8.00. The van der Waals surface area contributed by atoms with Gasteiger partial charge in [0, 0.05) is 50.3 Å². The summed E-state index contributed by atoms with van der Waals surface area (Å²) in [5, 5.41) is 1.64. The lowest BCUT2D eigenvalue weighted by atomic mass is 9.83. The van der Waals surface area contributed by atoms with E-state index in [1.165, 1.54) is 52.3 Å². The molecule has 0 aliphatic carbocycles. The SMILES string of the molecule is CCCCCCC(C)N1C(=O)c2ccc3c4c(cc(C)c(c24)C1=O)C(=O)N(N1C(=O)c2ccc4c5c(ccc(c25)C1=O)C(=O)N(C(C)CCCCC)C4=O)C3=O. The predicted molar refractivity (Wildman–Crippen MR) is 206 cm³/mol. The average Bonchev–Trinajstić information content (AvgIpc) is 3.17. The van der Waals surface area contributed by atoms with Gasteiger partial charge >= 0.3 is 0 Å². The molecule has 56 heavy (non-hydrogen) atoms. The van der Waals surface area contributed by atoms with E-state index in [1.807, 2.05) is 13.8 Å². The Morgan fingerprint density at radius 1 is 0.429 bits per heavy atom. The van der Waals surface area contributed by atoms with Crippen LogP contribution in [0, 0.1) is 6.92 Å². The summed E-state index contributed by atoms with van der Waals surface area (Å²) in [6.45, 7) is 9.50. The molecule has 0 bridgehead atoms. The van der Waals surface area contributed by atoms with Gasteiger partial charge in [0.15, 0.2) is 0 Å². The van der Waals surface area contributed by atoms with Gasteiger partial charge in [0.25, 0.3) is 47.3 Å². The second-order valence-corrected chi connectivity index (χ2v) is 15.4. The molecule has 8 rings (SSSR count). The molecule has 12 nitrogen and oxygen atoms in total. The molecule has 0 saturated carbocycles. The Balaban J connectivity index is 1.17. The third-order valence-corrected chi connectivity index (χ3v) is 11.9. The topological polar surface area (TPSA) is 150 Å².